The molecule has 0 aliphatic carbocycles. The molecule has 0 atom stereocenters. The van der Waals surface area contributed by atoms with Crippen molar-refractivity contribution in [3.05, 3.63) is 89.8 Å². The van der Waals surface area contributed by atoms with Gasteiger partial charge in [-0.2, -0.15) is 19.6 Å². The Kier molecular flexibility index (Phi) is 11.4. The van der Waals surface area contributed by atoms with Crippen molar-refractivity contribution in [2.45, 2.75) is 78.0 Å². The van der Waals surface area contributed by atoms with E-state index in [0.29, 0.717) is 38.0 Å². The van der Waals surface area contributed by atoms with Gasteiger partial charge in [-0.05, 0) is 82.3 Å². The summed E-state index contributed by atoms with van der Waals surface area (Å²) in [6.45, 7) is 12.5. The van der Waals surface area contributed by atoms with E-state index in [1.54, 1.807) is 10.6 Å². The zero-order valence-corrected chi connectivity index (χ0v) is 31.9. The molecule has 2 N–H and O–H groups in total. The molecule has 0 spiro atoms. The first-order valence-corrected chi connectivity index (χ1v) is 18.4. The molecular formula is C41H51N9O3. The maximum Gasteiger partial charge on any atom is 0.407 e. The van der Waals surface area contributed by atoms with E-state index in [-0.39, 0.29) is 23.8 Å². The van der Waals surface area contributed by atoms with Crippen LogP contribution in [0.25, 0.3) is 27.7 Å². The molecule has 1 aliphatic rings. The van der Waals surface area contributed by atoms with Gasteiger partial charge in [0.05, 0.1) is 11.9 Å². The maximum absolute atomic E-state index is 12.6. The van der Waals surface area contributed by atoms with E-state index < -0.39 is 5.60 Å². The highest BCUT2D eigenvalue weighted by Crippen LogP contribution is 2.31. The maximum atomic E-state index is 12.6. The van der Waals surface area contributed by atoms with Crippen molar-refractivity contribution in [3.63, 3.8) is 0 Å². The summed E-state index contributed by atoms with van der Waals surface area (Å²) >= 11 is 0. The number of allylic oxidation sites excluding steroid dienone is 1. The van der Waals surface area contributed by atoms with Gasteiger partial charge < -0.3 is 25.2 Å². The number of rotatable bonds is 12. The van der Waals surface area contributed by atoms with Crippen LogP contribution in [0.4, 0.5) is 16.7 Å². The number of carbonyl (C=O) groups is 2. The van der Waals surface area contributed by atoms with Gasteiger partial charge in [0.15, 0.2) is 11.4 Å². The SMILES string of the molecule is CC(C)c1cnn2c(NCc3ccccc3-c3nccc4cc(CC(=O)/C=C/CN(C)C)ccc34)nc(N3CCC(NC(=O)OC(C)(C)C)CC3)nc12. The fourth-order valence-electron chi connectivity index (χ4n) is 6.53. The summed E-state index contributed by atoms with van der Waals surface area (Å²) in [5.74, 6) is 1.53. The van der Waals surface area contributed by atoms with E-state index >= 15 is 0 Å². The van der Waals surface area contributed by atoms with Gasteiger partial charge in [0.2, 0.25) is 11.9 Å². The number of carbonyl (C=O) groups excluding carboxylic acids is 2. The molecule has 4 heterocycles. The Balaban J connectivity index is 1.22. The highest BCUT2D eigenvalue weighted by atomic mass is 16.6. The number of nitrogens with one attached hydrogen (secondary N) is 2. The minimum Gasteiger partial charge on any atom is -0.444 e. The Morgan fingerprint density at radius 3 is 2.57 bits per heavy atom. The first kappa shape index (κ1) is 37.4. The molecule has 12 heteroatoms. The van der Waals surface area contributed by atoms with Crippen molar-refractivity contribution in [3.8, 4) is 11.3 Å². The number of anilines is 2. The molecule has 0 bridgehead atoms. The molecule has 1 aliphatic heterocycles. The second-order valence-electron chi connectivity index (χ2n) is 15.3. The molecule has 1 fully saturated rings. The van der Waals surface area contributed by atoms with Crippen molar-refractivity contribution >= 4 is 40.2 Å². The topological polar surface area (TPSA) is 130 Å². The summed E-state index contributed by atoms with van der Waals surface area (Å²) in [6, 6.07) is 16.4. The number of amides is 1. The Hall–Kier alpha value is -5.36. The third-order valence-corrected chi connectivity index (χ3v) is 9.20. The quantitative estimate of drug-likeness (QED) is 0.133. The Bertz CT molecular complexity index is 2110. The fourth-order valence-corrected chi connectivity index (χ4v) is 6.53. The first-order chi connectivity index (χ1) is 25.3. The van der Waals surface area contributed by atoms with Gasteiger partial charge in [0.25, 0.3) is 0 Å². The van der Waals surface area contributed by atoms with E-state index in [1.165, 1.54) is 0 Å². The highest BCUT2D eigenvalue weighted by molar-refractivity contribution is 5.97. The lowest BCUT2D eigenvalue weighted by atomic mass is 9.97. The summed E-state index contributed by atoms with van der Waals surface area (Å²) in [4.78, 5) is 44.0. The Morgan fingerprint density at radius 1 is 1.06 bits per heavy atom. The summed E-state index contributed by atoms with van der Waals surface area (Å²) in [5, 5.41) is 13.3. The number of likely N-dealkylation sites (N-methyl/N-ethyl adjacent to an activating group) is 1. The van der Waals surface area contributed by atoms with Crippen LogP contribution >= 0.6 is 0 Å². The predicted molar refractivity (Wildman–Crippen MR) is 210 cm³/mol. The second kappa shape index (κ2) is 16.1. The number of pyridine rings is 1. The van der Waals surface area contributed by atoms with Gasteiger partial charge in [-0.3, -0.25) is 9.78 Å². The van der Waals surface area contributed by atoms with E-state index in [2.05, 4.69) is 53.6 Å². The smallest absolute Gasteiger partial charge is 0.407 e. The van der Waals surface area contributed by atoms with Crippen molar-refractivity contribution < 1.29 is 14.3 Å². The average molecular weight is 718 g/mol. The summed E-state index contributed by atoms with van der Waals surface area (Å²) in [5.41, 5.74) is 5.18. The molecule has 1 saturated heterocycles. The third-order valence-electron chi connectivity index (χ3n) is 9.20. The summed E-state index contributed by atoms with van der Waals surface area (Å²) < 4.78 is 7.26. The van der Waals surface area contributed by atoms with E-state index in [9.17, 15) is 9.59 Å². The molecule has 278 valence electrons. The average Bonchev–Trinajstić information content (AvgIpc) is 3.54. The van der Waals surface area contributed by atoms with Crippen molar-refractivity contribution in [1.29, 1.82) is 0 Å². The highest BCUT2D eigenvalue weighted by Gasteiger charge is 2.26. The van der Waals surface area contributed by atoms with Gasteiger partial charge in [-0.15, -0.1) is 0 Å². The van der Waals surface area contributed by atoms with Gasteiger partial charge >= 0.3 is 6.09 Å². The van der Waals surface area contributed by atoms with Crippen LogP contribution in [0.2, 0.25) is 0 Å². The molecule has 12 nitrogen and oxygen atoms in total. The second-order valence-corrected chi connectivity index (χ2v) is 15.3. The number of hydrogen-bond acceptors (Lipinski definition) is 10. The van der Waals surface area contributed by atoms with Crippen LogP contribution in [0.3, 0.4) is 0 Å². The summed E-state index contributed by atoms with van der Waals surface area (Å²) in [6.07, 6.45) is 8.73. The van der Waals surface area contributed by atoms with Crippen LogP contribution in [-0.4, -0.2) is 86.7 Å². The number of fused-ring (bicyclic) bond motifs is 2. The van der Waals surface area contributed by atoms with Crippen molar-refractivity contribution in [2.75, 3.05) is 43.9 Å². The zero-order chi connectivity index (χ0) is 37.7. The van der Waals surface area contributed by atoms with Crippen molar-refractivity contribution in [1.82, 2.24) is 34.8 Å². The number of ether oxygens (including phenoxy) is 1. The lowest BCUT2D eigenvalue weighted by Crippen LogP contribution is -2.46. The molecule has 1 amide bonds. The monoisotopic (exact) mass is 717 g/mol. The molecular weight excluding hydrogens is 667 g/mol. The zero-order valence-electron chi connectivity index (χ0n) is 31.9. The van der Waals surface area contributed by atoms with Crippen LogP contribution < -0.4 is 15.5 Å². The van der Waals surface area contributed by atoms with Crippen molar-refractivity contribution in [2.24, 2.45) is 0 Å². The minimum atomic E-state index is -0.543. The first-order valence-electron chi connectivity index (χ1n) is 18.4. The number of aromatic nitrogens is 5. The standard InChI is InChI=1S/C41H51N9O3/c1-27(2)35-26-44-50-37(35)46-39(49-21-17-31(18-22-49)45-40(52)53-41(3,4)5)47-38(50)43-25-30-11-8-9-13-33(30)36-34-15-14-28(23-29(34)16-19-42-36)24-32(51)12-10-20-48(6)7/h8-16,19,23,26-27,31H,17-18,20-22,24-25H2,1-7H3,(H,45,52)(H,43,46,47)/b12-10+. The van der Waals surface area contributed by atoms with Gasteiger partial charge in [-0.25, -0.2) is 4.79 Å². The molecule has 0 saturated carbocycles. The van der Waals surface area contributed by atoms with E-state index in [1.807, 2.05) is 82.5 Å². The normalized spacial score (nSPS) is 14.2. The fraction of sp³-hybridized carbons (Fsp3) is 0.415. The Labute approximate surface area is 311 Å². The number of alkyl carbamates (subject to hydrolysis) is 1. The molecule has 0 unspecified atom stereocenters. The van der Waals surface area contributed by atoms with E-state index in [4.69, 9.17) is 24.8 Å². The third kappa shape index (κ3) is 9.36. The number of benzene rings is 2. The lowest BCUT2D eigenvalue weighted by Gasteiger charge is -2.33. The molecule has 0 radical (unpaired) electrons. The number of ketones is 1. The van der Waals surface area contributed by atoms with Crippen LogP contribution in [0.5, 0.6) is 0 Å². The Morgan fingerprint density at radius 2 is 1.83 bits per heavy atom. The van der Waals surface area contributed by atoms with Gasteiger partial charge in [0, 0.05) is 61.4 Å². The van der Waals surface area contributed by atoms with Crippen LogP contribution in [0.15, 0.2) is 73.1 Å². The summed E-state index contributed by atoms with van der Waals surface area (Å²) in [7, 11) is 3.96. The largest absolute Gasteiger partial charge is 0.444 e. The molecule has 6 rings (SSSR count). The number of hydrogen-bond donors (Lipinski definition) is 2. The molecule has 53 heavy (non-hydrogen) atoms. The van der Waals surface area contributed by atoms with E-state index in [0.717, 1.165) is 63.8 Å². The molecule has 3 aromatic heterocycles. The molecule has 2 aromatic carbocycles. The lowest BCUT2D eigenvalue weighted by molar-refractivity contribution is -0.114. The van der Waals surface area contributed by atoms with Crippen LogP contribution in [0, 0.1) is 0 Å². The number of nitrogens with zero attached hydrogens (tertiary/aromatic N) is 7. The van der Waals surface area contributed by atoms with Crippen LogP contribution in [-0.2, 0) is 22.5 Å². The van der Waals surface area contributed by atoms with Crippen LogP contribution in [0.1, 0.15) is 70.1 Å². The van der Waals surface area contributed by atoms with Gasteiger partial charge in [0.1, 0.15) is 5.60 Å². The minimum absolute atomic E-state index is 0.0205. The predicted octanol–water partition coefficient (Wildman–Crippen LogP) is 6.80. The number of piperidine rings is 1. The van der Waals surface area contributed by atoms with Gasteiger partial charge in [-0.1, -0.05) is 62.4 Å². The molecule has 5 aromatic rings.